The van der Waals surface area contributed by atoms with Crippen LogP contribution in [0.15, 0.2) is 18.2 Å². The zero-order chi connectivity index (χ0) is 14.1. The third-order valence-electron chi connectivity index (χ3n) is 3.71. The summed E-state index contributed by atoms with van der Waals surface area (Å²) in [6, 6.07) is 6.38. The molecule has 1 heteroatoms. The van der Waals surface area contributed by atoms with Gasteiger partial charge >= 0.3 is 0 Å². The fourth-order valence-electron chi connectivity index (χ4n) is 2.66. The van der Waals surface area contributed by atoms with Gasteiger partial charge in [0.15, 0.2) is 0 Å². The lowest BCUT2D eigenvalue weighted by atomic mass is 9.98. The van der Waals surface area contributed by atoms with E-state index in [1.165, 1.54) is 49.7 Å². The van der Waals surface area contributed by atoms with Gasteiger partial charge in [0.05, 0.1) is 6.10 Å². The second-order valence-corrected chi connectivity index (χ2v) is 5.85. The lowest BCUT2D eigenvalue weighted by molar-refractivity contribution is 0.163. The van der Waals surface area contributed by atoms with Crippen molar-refractivity contribution in [2.75, 3.05) is 0 Å². The van der Waals surface area contributed by atoms with Crippen LogP contribution in [0.1, 0.15) is 81.1 Å². The van der Waals surface area contributed by atoms with E-state index in [0.29, 0.717) is 0 Å². The molecule has 0 spiro atoms. The van der Waals surface area contributed by atoms with Gasteiger partial charge in [-0.2, -0.15) is 0 Å². The monoisotopic (exact) mass is 262 g/mol. The summed E-state index contributed by atoms with van der Waals surface area (Å²) in [6.45, 7) is 6.44. The van der Waals surface area contributed by atoms with Crippen molar-refractivity contribution < 1.29 is 5.11 Å². The van der Waals surface area contributed by atoms with E-state index in [1.54, 1.807) is 0 Å². The standard InChI is InChI=1S/C18H30O/c1-4-5-6-7-8-9-10-11-18(19)17-13-15(2)12-16(3)14-17/h12-14,18-19H,4-11H2,1-3H3. The largest absolute Gasteiger partial charge is 0.388 e. The molecule has 0 saturated heterocycles. The van der Waals surface area contributed by atoms with Crippen molar-refractivity contribution in [3.8, 4) is 0 Å². The highest BCUT2D eigenvalue weighted by molar-refractivity contribution is 5.29. The van der Waals surface area contributed by atoms with Gasteiger partial charge in [-0.1, -0.05) is 81.2 Å². The summed E-state index contributed by atoms with van der Waals surface area (Å²) >= 11 is 0. The van der Waals surface area contributed by atoms with Gasteiger partial charge in [0.25, 0.3) is 0 Å². The number of aliphatic hydroxyl groups is 1. The van der Waals surface area contributed by atoms with Crippen molar-refractivity contribution in [3.63, 3.8) is 0 Å². The van der Waals surface area contributed by atoms with Crippen LogP contribution in [-0.4, -0.2) is 5.11 Å². The number of aryl methyl sites for hydroxylation is 2. The van der Waals surface area contributed by atoms with Crippen LogP contribution in [0.3, 0.4) is 0 Å². The molecule has 0 bridgehead atoms. The number of unbranched alkanes of at least 4 members (excludes halogenated alkanes) is 6. The molecule has 1 aromatic carbocycles. The molecule has 1 N–H and O–H groups in total. The molecule has 0 fully saturated rings. The second kappa shape index (κ2) is 9.14. The fourth-order valence-corrected chi connectivity index (χ4v) is 2.66. The van der Waals surface area contributed by atoms with Gasteiger partial charge < -0.3 is 5.11 Å². The molecule has 0 aromatic heterocycles. The van der Waals surface area contributed by atoms with Crippen LogP contribution in [0.5, 0.6) is 0 Å². The zero-order valence-corrected chi connectivity index (χ0v) is 12.9. The van der Waals surface area contributed by atoms with Crippen molar-refractivity contribution in [2.45, 2.75) is 78.2 Å². The lowest BCUT2D eigenvalue weighted by Gasteiger charge is -2.12. The summed E-state index contributed by atoms with van der Waals surface area (Å²) in [5.74, 6) is 0. The molecule has 0 heterocycles. The first-order chi connectivity index (χ1) is 9.13. The number of hydrogen-bond acceptors (Lipinski definition) is 1. The molecule has 1 nitrogen and oxygen atoms in total. The molecule has 1 atom stereocenters. The van der Waals surface area contributed by atoms with Crippen LogP contribution in [0, 0.1) is 13.8 Å². The van der Waals surface area contributed by atoms with Gasteiger partial charge in [0, 0.05) is 0 Å². The zero-order valence-electron chi connectivity index (χ0n) is 12.9. The highest BCUT2D eigenvalue weighted by Gasteiger charge is 2.08. The molecular weight excluding hydrogens is 232 g/mol. The first-order valence-electron chi connectivity index (χ1n) is 7.89. The third-order valence-corrected chi connectivity index (χ3v) is 3.71. The molecule has 0 aliphatic rings. The predicted molar refractivity (Wildman–Crippen MR) is 83.5 cm³/mol. The van der Waals surface area contributed by atoms with E-state index in [0.717, 1.165) is 18.4 Å². The molecule has 0 amide bonds. The normalized spacial score (nSPS) is 12.6. The second-order valence-electron chi connectivity index (χ2n) is 5.85. The average molecular weight is 262 g/mol. The topological polar surface area (TPSA) is 20.2 Å². The van der Waals surface area contributed by atoms with Crippen molar-refractivity contribution in [3.05, 3.63) is 34.9 Å². The quantitative estimate of drug-likeness (QED) is 0.584. The van der Waals surface area contributed by atoms with Gasteiger partial charge in [0.2, 0.25) is 0 Å². The third kappa shape index (κ3) is 6.77. The van der Waals surface area contributed by atoms with E-state index in [2.05, 4.69) is 39.0 Å². The van der Waals surface area contributed by atoms with Gasteiger partial charge in [-0.15, -0.1) is 0 Å². The summed E-state index contributed by atoms with van der Waals surface area (Å²) in [7, 11) is 0. The van der Waals surface area contributed by atoms with Crippen LogP contribution in [0.2, 0.25) is 0 Å². The molecular formula is C18H30O. The minimum absolute atomic E-state index is 0.283. The minimum atomic E-state index is -0.283. The highest BCUT2D eigenvalue weighted by atomic mass is 16.3. The Bertz CT molecular complexity index is 336. The molecule has 19 heavy (non-hydrogen) atoms. The number of rotatable bonds is 9. The van der Waals surface area contributed by atoms with E-state index in [4.69, 9.17) is 0 Å². The van der Waals surface area contributed by atoms with Gasteiger partial charge in [-0.25, -0.2) is 0 Å². The van der Waals surface area contributed by atoms with Crippen molar-refractivity contribution in [1.29, 1.82) is 0 Å². The summed E-state index contributed by atoms with van der Waals surface area (Å²) in [6.07, 6.45) is 9.73. The van der Waals surface area contributed by atoms with Crippen molar-refractivity contribution in [1.82, 2.24) is 0 Å². The molecule has 0 radical (unpaired) electrons. The molecule has 1 rings (SSSR count). The lowest BCUT2D eigenvalue weighted by Crippen LogP contribution is -1.98. The van der Waals surface area contributed by atoms with E-state index >= 15 is 0 Å². The molecule has 0 aliphatic heterocycles. The fraction of sp³-hybridized carbons (Fsp3) is 0.667. The first kappa shape index (κ1) is 16.2. The van der Waals surface area contributed by atoms with Crippen molar-refractivity contribution >= 4 is 0 Å². The maximum Gasteiger partial charge on any atom is 0.0790 e. The van der Waals surface area contributed by atoms with Crippen LogP contribution in [0.25, 0.3) is 0 Å². The van der Waals surface area contributed by atoms with Crippen molar-refractivity contribution in [2.24, 2.45) is 0 Å². The average Bonchev–Trinajstić information content (AvgIpc) is 2.36. The van der Waals surface area contributed by atoms with E-state index < -0.39 is 0 Å². The Hall–Kier alpha value is -0.820. The van der Waals surface area contributed by atoms with Crippen LogP contribution in [-0.2, 0) is 0 Å². The number of aliphatic hydroxyl groups excluding tert-OH is 1. The van der Waals surface area contributed by atoms with E-state index in [-0.39, 0.29) is 6.10 Å². The Morgan fingerprint density at radius 3 is 1.95 bits per heavy atom. The molecule has 1 unspecified atom stereocenters. The Balaban J connectivity index is 2.22. The summed E-state index contributed by atoms with van der Waals surface area (Å²) in [5, 5.41) is 10.2. The molecule has 108 valence electrons. The summed E-state index contributed by atoms with van der Waals surface area (Å²) in [5.41, 5.74) is 3.57. The van der Waals surface area contributed by atoms with Gasteiger partial charge in [-0.3, -0.25) is 0 Å². The predicted octanol–water partition coefficient (Wildman–Crippen LogP) is 5.48. The summed E-state index contributed by atoms with van der Waals surface area (Å²) < 4.78 is 0. The number of hydrogen-bond donors (Lipinski definition) is 1. The first-order valence-corrected chi connectivity index (χ1v) is 7.89. The smallest absolute Gasteiger partial charge is 0.0790 e. The maximum absolute atomic E-state index is 10.2. The Morgan fingerprint density at radius 2 is 1.37 bits per heavy atom. The van der Waals surface area contributed by atoms with Crippen LogP contribution in [0.4, 0.5) is 0 Å². The van der Waals surface area contributed by atoms with E-state index in [9.17, 15) is 5.11 Å². The molecule has 0 saturated carbocycles. The number of benzene rings is 1. The maximum atomic E-state index is 10.2. The van der Waals surface area contributed by atoms with Crippen LogP contribution >= 0.6 is 0 Å². The van der Waals surface area contributed by atoms with Crippen LogP contribution < -0.4 is 0 Å². The minimum Gasteiger partial charge on any atom is -0.388 e. The highest BCUT2D eigenvalue weighted by Crippen LogP contribution is 2.22. The Kier molecular flexibility index (Phi) is 7.81. The summed E-state index contributed by atoms with van der Waals surface area (Å²) in [4.78, 5) is 0. The Labute approximate surface area is 119 Å². The SMILES string of the molecule is CCCCCCCCCC(O)c1cc(C)cc(C)c1. The molecule has 0 aliphatic carbocycles. The van der Waals surface area contributed by atoms with Gasteiger partial charge in [-0.05, 0) is 25.8 Å². The van der Waals surface area contributed by atoms with E-state index in [1.807, 2.05) is 0 Å². The molecule has 1 aromatic rings. The van der Waals surface area contributed by atoms with Gasteiger partial charge in [0.1, 0.15) is 0 Å². The Morgan fingerprint density at radius 1 is 0.842 bits per heavy atom.